The highest BCUT2D eigenvalue weighted by molar-refractivity contribution is 8.17. The fraction of sp³-hybridized carbons (Fsp3) is 0.952. The number of alkyl halides is 1. The van der Waals surface area contributed by atoms with Crippen molar-refractivity contribution < 1.29 is 20.1 Å². The minimum atomic E-state index is -0.741. The number of carboxylic acids is 1. The standard InChI is InChI=1S/C21H37ClN4O4S2/c1-13(27)25-7-6-21(11-25)12-26(16-5-4-14(22)9-15(16)21)20(30)24-19-23-10-18(32-19)31-8-2-3-17(28)29/h13-16,18-20,23-24,27,30H,2-12H2,1H3,(H,28,29). The Kier molecular flexibility index (Phi) is 8.60. The van der Waals surface area contributed by atoms with Crippen LogP contribution < -0.4 is 10.6 Å². The molecule has 4 rings (SSSR count). The second-order valence-electron chi connectivity index (χ2n) is 9.73. The maximum atomic E-state index is 11.2. The van der Waals surface area contributed by atoms with Gasteiger partial charge in [-0.2, -0.15) is 0 Å². The van der Waals surface area contributed by atoms with Crippen LogP contribution >= 0.6 is 35.1 Å². The van der Waals surface area contributed by atoms with Crippen molar-refractivity contribution in [3.05, 3.63) is 0 Å². The molecule has 0 bridgehead atoms. The highest BCUT2D eigenvalue weighted by Crippen LogP contribution is 2.53. The summed E-state index contributed by atoms with van der Waals surface area (Å²) in [6.07, 6.45) is 3.73. The van der Waals surface area contributed by atoms with Gasteiger partial charge in [0.05, 0.1) is 4.58 Å². The molecule has 1 aliphatic carbocycles. The number of thioether (sulfide) groups is 2. The average Bonchev–Trinajstić information content (AvgIpc) is 3.44. The third-order valence-electron chi connectivity index (χ3n) is 7.61. The van der Waals surface area contributed by atoms with Crippen molar-refractivity contribution in [3.8, 4) is 0 Å². The number of hydrogen-bond acceptors (Lipinski definition) is 9. The van der Waals surface area contributed by atoms with Gasteiger partial charge in [-0.15, -0.1) is 35.1 Å². The van der Waals surface area contributed by atoms with Gasteiger partial charge >= 0.3 is 5.97 Å². The molecule has 5 N–H and O–H groups in total. The normalized spacial score (nSPS) is 40.1. The molecule has 3 aliphatic heterocycles. The van der Waals surface area contributed by atoms with Crippen molar-refractivity contribution in [3.63, 3.8) is 0 Å². The minimum Gasteiger partial charge on any atom is -0.481 e. The smallest absolute Gasteiger partial charge is 0.303 e. The zero-order valence-corrected chi connectivity index (χ0v) is 21.0. The van der Waals surface area contributed by atoms with Crippen molar-refractivity contribution in [2.45, 2.75) is 79.5 Å². The Bertz CT molecular complexity index is 665. The van der Waals surface area contributed by atoms with E-state index >= 15 is 0 Å². The minimum absolute atomic E-state index is 0.0288. The largest absolute Gasteiger partial charge is 0.481 e. The average molecular weight is 509 g/mol. The van der Waals surface area contributed by atoms with Crippen LogP contribution in [-0.2, 0) is 4.79 Å². The van der Waals surface area contributed by atoms with E-state index in [2.05, 4.69) is 20.4 Å². The van der Waals surface area contributed by atoms with Gasteiger partial charge in [0.2, 0.25) is 0 Å². The molecule has 184 valence electrons. The van der Waals surface area contributed by atoms with E-state index in [1.54, 1.807) is 23.5 Å². The van der Waals surface area contributed by atoms with Crippen molar-refractivity contribution >= 4 is 41.1 Å². The predicted octanol–water partition coefficient (Wildman–Crippen LogP) is 1.52. The van der Waals surface area contributed by atoms with Crippen LogP contribution in [0.15, 0.2) is 0 Å². The summed E-state index contributed by atoms with van der Waals surface area (Å²) >= 11 is 10.1. The fourth-order valence-corrected chi connectivity index (χ4v) is 8.95. The van der Waals surface area contributed by atoms with Gasteiger partial charge in [-0.25, -0.2) is 0 Å². The van der Waals surface area contributed by atoms with E-state index in [0.29, 0.717) is 23.0 Å². The van der Waals surface area contributed by atoms with Crippen LogP contribution in [-0.4, -0.2) is 97.1 Å². The highest BCUT2D eigenvalue weighted by Gasteiger charge is 2.58. The Morgan fingerprint density at radius 1 is 1.38 bits per heavy atom. The molecule has 8 nitrogen and oxygen atoms in total. The van der Waals surface area contributed by atoms with Crippen molar-refractivity contribution in [2.75, 3.05) is 31.9 Å². The predicted molar refractivity (Wildman–Crippen MR) is 129 cm³/mol. The molecule has 0 aromatic rings. The number of aliphatic carboxylic acids is 1. The summed E-state index contributed by atoms with van der Waals surface area (Å²) in [6, 6.07) is 0.314. The monoisotopic (exact) mass is 508 g/mol. The zero-order valence-electron chi connectivity index (χ0n) is 18.7. The summed E-state index contributed by atoms with van der Waals surface area (Å²) in [7, 11) is 0. The number of aliphatic hydroxyl groups is 2. The molecule has 4 fully saturated rings. The molecule has 0 aromatic carbocycles. The molecule has 8 unspecified atom stereocenters. The van der Waals surface area contributed by atoms with Crippen LogP contribution in [0.2, 0.25) is 0 Å². The summed E-state index contributed by atoms with van der Waals surface area (Å²) in [5, 5.41) is 37.1. The maximum absolute atomic E-state index is 11.2. The first-order chi connectivity index (χ1) is 15.3. The Balaban J connectivity index is 1.32. The first-order valence-electron chi connectivity index (χ1n) is 11.8. The number of carbonyl (C=O) groups is 1. The molecule has 11 heteroatoms. The third-order valence-corrected chi connectivity index (χ3v) is 10.9. The zero-order chi connectivity index (χ0) is 22.9. The SMILES string of the molecule is CC(O)N1CCC2(C1)CN(C(O)NC1NCC(SCCCC(=O)O)S1)C1CCC(Cl)CC12. The van der Waals surface area contributed by atoms with Crippen LogP contribution in [0.25, 0.3) is 0 Å². The number of hydrogen-bond donors (Lipinski definition) is 5. The number of carboxylic acid groups (broad SMARTS) is 1. The van der Waals surface area contributed by atoms with Crippen LogP contribution in [0.3, 0.4) is 0 Å². The number of nitrogens with one attached hydrogen (secondary N) is 2. The van der Waals surface area contributed by atoms with Crippen LogP contribution in [0.1, 0.15) is 45.4 Å². The van der Waals surface area contributed by atoms with Gasteiger partial charge in [0, 0.05) is 49.4 Å². The number of rotatable bonds is 9. The molecule has 3 heterocycles. The number of likely N-dealkylation sites (tertiary alicyclic amines) is 2. The van der Waals surface area contributed by atoms with Gasteiger partial charge in [-0.1, -0.05) is 0 Å². The van der Waals surface area contributed by atoms with E-state index in [-0.39, 0.29) is 22.7 Å². The quantitative estimate of drug-likeness (QED) is 0.179. The molecular weight excluding hydrogens is 472 g/mol. The third kappa shape index (κ3) is 5.71. The molecule has 0 amide bonds. The second kappa shape index (κ2) is 10.9. The molecule has 3 saturated heterocycles. The maximum Gasteiger partial charge on any atom is 0.303 e. The lowest BCUT2D eigenvalue weighted by molar-refractivity contribution is -0.137. The molecule has 4 aliphatic rings. The van der Waals surface area contributed by atoms with E-state index in [0.717, 1.165) is 57.6 Å². The summed E-state index contributed by atoms with van der Waals surface area (Å²) in [5.74, 6) is 0.536. The van der Waals surface area contributed by atoms with E-state index in [4.69, 9.17) is 16.7 Å². The van der Waals surface area contributed by atoms with Crippen molar-refractivity contribution in [2.24, 2.45) is 11.3 Å². The summed E-state index contributed by atoms with van der Waals surface area (Å²) in [6.45, 7) is 5.26. The molecule has 0 aromatic heterocycles. The molecule has 0 radical (unpaired) electrons. The Morgan fingerprint density at radius 2 is 2.19 bits per heavy atom. The number of halogens is 1. The second-order valence-corrected chi connectivity index (χ2v) is 13.3. The highest BCUT2D eigenvalue weighted by atomic mass is 35.5. The Hall–Kier alpha value is 0.220. The molecular formula is C21H37ClN4O4S2. The van der Waals surface area contributed by atoms with E-state index < -0.39 is 18.5 Å². The Morgan fingerprint density at radius 3 is 2.91 bits per heavy atom. The van der Waals surface area contributed by atoms with E-state index in [1.807, 2.05) is 6.92 Å². The first kappa shape index (κ1) is 25.3. The number of aliphatic hydroxyl groups excluding tert-OH is 2. The lowest BCUT2D eigenvalue weighted by atomic mass is 9.69. The van der Waals surface area contributed by atoms with Crippen LogP contribution in [0, 0.1) is 11.3 Å². The Labute approximate surface area is 204 Å². The van der Waals surface area contributed by atoms with Gasteiger partial charge in [-0.05, 0) is 50.7 Å². The van der Waals surface area contributed by atoms with Gasteiger partial charge in [0.15, 0.2) is 6.35 Å². The summed E-state index contributed by atoms with van der Waals surface area (Å²) in [5.41, 5.74) is 0.0512. The van der Waals surface area contributed by atoms with Crippen LogP contribution in [0.4, 0.5) is 0 Å². The molecule has 1 spiro atoms. The molecule has 1 saturated carbocycles. The summed E-state index contributed by atoms with van der Waals surface area (Å²) in [4.78, 5) is 15.1. The van der Waals surface area contributed by atoms with Gasteiger partial charge < -0.3 is 15.3 Å². The lowest BCUT2D eigenvalue weighted by Gasteiger charge is -2.39. The molecule has 32 heavy (non-hydrogen) atoms. The van der Waals surface area contributed by atoms with E-state index in [9.17, 15) is 15.0 Å². The number of nitrogens with zero attached hydrogens (tertiary/aromatic N) is 2. The van der Waals surface area contributed by atoms with Crippen molar-refractivity contribution in [1.29, 1.82) is 0 Å². The van der Waals surface area contributed by atoms with Gasteiger partial charge in [0.1, 0.15) is 11.7 Å². The van der Waals surface area contributed by atoms with Gasteiger partial charge in [0.25, 0.3) is 0 Å². The summed E-state index contributed by atoms with van der Waals surface area (Å²) < 4.78 is 0.354. The topological polar surface area (TPSA) is 108 Å². The van der Waals surface area contributed by atoms with Gasteiger partial charge in [-0.3, -0.25) is 25.2 Å². The van der Waals surface area contributed by atoms with Crippen LogP contribution in [0.5, 0.6) is 0 Å². The lowest BCUT2D eigenvalue weighted by Crippen LogP contribution is -2.54. The number of fused-ring (bicyclic) bond motifs is 2. The van der Waals surface area contributed by atoms with E-state index in [1.165, 1.54) is 0 Å². The van der Waals surface area contributed by atoms with Crippen molar-refractivity contribution in [1.82, 2.24) is 20.4 Å². The first-order valence-corrected chi connectivity index (χ1v) is 14.2. The molecule has 8 atom stereocenters. The fourth-order valence-electron chi connectivity index (χ4n) is 6.02.